The van der Waals surface area contributed by atoms with Gasteiger partial charge in [0.2, 0.25) is 0 Å². The first kappa shape index (κ1) is 10.2. The molecule has 1 aromatic heterocycles. The number of aromatic hydroxyl groups is 1. The number of para-hydroxylation sites is 2. The van der Waals surface area contributed by atoms with Crippen molar-refractivity contribution in [3.8, 4) is 5.75 Å². The molecule has 2 aromatic rings. The van der Waals surface area contributed by atoms with E-state index in [1.807, 2.05) is 6.07 Å². The van der Waals surface area contributed by atoms with Crippen LogP contribution in [0.4, 0.5) is 11.5 Å². The van der Waals surface area contributed by atoms with Crippen molar-refractivity contribution in [2.45, 2.75) is 0 Å². The van der Waals surface area contributed by atoms with Gasteiger partial charge in [0.15, 0.2) is 0 Å². The standard InChI is InChI=1S/C12H11N3O/c13-12-9(4-3-7-14-12)8-15-10-5-1-2-6-11(10)16/h1-8,16H,(H2,13,14). The zero-order valence-electron chi connectivity index (χ0n) is 8.54. The van der Waals surface area contributed by atoms with Crippen molar-refractivity contribution in [2.75, 3.05) is 5.73 Å². The lowest BCUT2D eigenvalue weighted by Crippen LogP contribution is -1.95. The van der Waals surface area contributed by atoms with E-state index in [9.17, 15) is 5.11 Å². The Morgan fingerprint density at radius 2 is 2.00 bits per heavy atom. The lowest BCUT2D eigenvalue weighted by atomic mass is 10.2. The minimum absolute atomic E-state index is 0.140. The molecule has 16 heavy (non-hydrogen) atoms. The minimum atomic E-state index is 0.140. The van der Waals surface area contributed by atoms with Gasteiger partial charge in [0.25, 0.3) is 0 Å². The second-order valence-electron chi connectivity index (χ2n) is 3.22. The molecule has 0 aliphatic carbocycles. The summed E-state index contributed by atoms with van der Waals surface area (Å²) in [5.41, 5.74) is 6.89. The first-order valence-corrected chi connectivity index (χ1v) is 4.80. The van der Waals surface area contributed by atoms with Gasteiger partial charge in [-0.25, -0.2) is 4.98 Å². The van der Waals surface area contributed by atoms with Crippen LogP contribution in [0.5, 0.6) is 5.75 Å². The predicted molar refractivity (Wildman–Crippen MR) is 64.0 cm³/mol. The van der Waals surface area contributed by atoms with Crippen molar-refractivity contribution in [1.82, 2.24) is 4.98 Å². The van der Waals surface area contributed by atoms with Crippen molar-refractivity contribution in [1.29, 1.82) is 0 Å². The van der Waals surface area contributed by atoms with E-state index < -0.39 is 0 Å². The van der Waals surface area contributed by atoms with Gasteiger partial charge in [-0.1, -0.05) is 12.1 Å². The van der Waals surface area contributed by atoms with Crippen LogP contribution in [0.15, 0.2) is 47.6 Å². The van der Waals surface area contributed by atoms with Crippen LogP contribution < -0.4 is 5.73 Å². The van der Waals surface area contributed by atoms with Crippen LogP contribution in [-0.2, 0) is 0 Å². The Kier molecular flexibility index (Phi) is 2.82. The smallest absolute Gasteiger partial charge is 0.141 e. The van der Waals surface area contributed by atoms with Gasteiger partial charge in [0.1, 0.15) is 17.3 Å². The highest BCUT2D eigenvalue weighted by Gasteiger charge is 1.97. The number of aromatic nitrogens is 1. The molecule has 0 fully saturated rings. The van der Waals surface area contributed by atoms with Crippen LogP contribution in [0.1, 0.15) is 5.56 Å². The maximum absolute atomic E-state index is 9.50. The molecule has 4 nitrogen and oxygen atoms in total. The number of anilines is 1. The average molecular weight is 213 g/mol. The molecule has 0 aliphatic rings. The monoisotopic (exact) mass is 213 g/mol. The maximum Gasteiger partial charge on any atom is 0.141 e. The topological polar surface area (TPSA) is 71.5 Å². The van der Waals surface area contributed by atoms with Crippen molar-refractivity contribution in [3.05, 3.63) is 48.2 Å². The number of hydrogen-bond acceptors (Lipinski definition) is 4. The van der Waals surface area contributed by atoms with E-state index in [1.165, 1.54) is 0 Å². The Hall–Kier alpha value is -2.36. The molecule has 0 saturated carbocycles. The molecule has 80 valence electrons. The number of nitrogens with two attached hydrogens (primary N) is 1. The van der Waals surface area contributed by atoms with E-state index in [4.69, 9.17) is 5.73 Å². The van der Waals surface area contributed by atoms with E-state index in [0.717, 1.165) is 5.56 Å². The Labute approximate surface area is 93.1 Å². The molecule has 2 rings (SSSR count). The molecule has 0 atom stereocenters. The van der Waals surface area contributed by atoms with Crippen molar-refractivity contribution in [3.63, 3.8) is 0 Å². The fourth-order valence-corrected chi connectivity index (χ4v) is 1.25. The molecule has 3 N–H and O–H groups in total. The number of nitrogens with zero attached hydrogens (tertiary/aromatic N) is 2. The third kappa shape index (κ3) is 2.17. The van der Waals surface area contributed by atoms with Gasteiger partial charge in [-0.2, -0.15) is 0 Å². The largest absolute Gasteiger partial charge is 0.506 e. The predicted octanol–water partition coefficient (Wildman–Crippen LogP) is 2.12. The third-order valence-corrected chi connectivity index (χ3v) is 2.10. The van der Waals surface area contributed by atoms with Gasteiger partial charge in [-0.05, 0) is 24.3 Å². The lowest BCUT2D eigenvalue weighted by Gasteiger charge is -1.98. The van der Waals surface area contributed by atoms with Gasteiger partial charge >= 0.3 is 0 Å². The van der Waals surface area contributed by atoms with Gasteiger partial charge in [-0.15, -0.1) is 0 Å². The first-order valence-electron chi connectivity index (χ1n) is 4.80. The minimum Gasteiger partial charge on any atom is -0.506 e. The zero-order valence-corrected chi connectivity index (χ0v) is 8.54. The van der Waals surface area contributed by atoms with Crippen molar-refractivity contribution < 1.29 is 5.11 Å². The van der Waals surface area contributed by atoms with Gasteiger partial charge < -0.3 is 10.8 Å². The van der Waals surface area contributed by atoms with Gasteiger partial charge in [0, 0.05) is 18.0 Å². The number of aliphatic imine (C=N–C) groups is 1. The van der Waals surface area contributed by atoms with E-state index in [-0.39, 0.29) is 5.75 Å². The molecule has 0 aliphatic heterocycles. The van der Waals surface area contributed by atoms with Crippen LogP contribution in [-0.4, -0.2) is 16.3 Å². The SMILES string of the molecule is Nc1ncccc1C=Nc1ccccc1O. The van der Waals surface area contributed by atoms with Crippen LogP contribution in [0.3, 0.4) is 0 Å². The van der Waals surface area contributed by atoms with Gasteiger partial charge in [0.05, 0.1) is 0 Å². The highest BCUT2D eigenvalue weighted by atomic mass is 16.3. The number of benzene rings is 1. The summed E-state index contributed by atoms with van der Waals surface area (Å²) < 4.78 is 0. The van der Waals surface area contributed by atoms with Gasteiger partial charge in [-0.3, -0.25) is 4.99 Å². The Morgan fingerprint density at radius 3 is 2.75 bits per heavy atom. The third-order valence-electron chi connectivity index (χ3n) is 2.10. The molecule has 4 heteroatoms. The number of hydrogen-bond donors (Lipinski definition) is 2. The molecule has 1 aromatic carbocycles. The zero-order chi connectivity index (χ0) is 11.4. The second kappa shape index (κ2) is 4.44. The van der Waals surface area contributed by atoms with E-state index in [0.29, 0.717) is 11.5 Å². The van der Waals surface area contributed by atoms with Crippen molar-refractivity contribution >= 4 is 17.7 Å². The fraction of sp³-hybridized carbons (Fsp3) is 0. The lowest BCUT2D eigenvalue weighted by molar-refractivity contribution is 0.477. The highest BCUT2D eigenvalue weighted by Crippen LogP contribution is 2.24. The Morgan fingerprint density at radius 1 is 1.19 bits per heavy atom. The Bertz CT molecular complexity index is 476. The molecule has 0 unspecified atom stereocenters. The van der Waals surface area contributed by atoms with Crippen LogP contribution in [0.25, 0.3) is 0 Å². The summed E-state index contributed by atoms with van der Waals surface area (Å²) in [4.78, 5) is 8.08. The van der Waals surface area contributed by atoms with Crippen LogP contribution in [0.2, 0.25) is 0 Å². The fourth-order valence-electron chi connectivity index (χ4n) is 1.25. The van der Waals surface area contributed by atoms with Crippen molar-refractivity contribution in [2.24, 2.45) is 4.99 Å². The molecule has 0 radical (unpaired) electrons. The number of phenols is 1. The molecule has 0 bridgehead atoms. The number of nitrogen functional groups attached to an aromatic ring is 1. The molecular weight excluding hydrogens is 202 g/mol. The molecule has 1 heterocycles. The van der Waals surface area contributed by atoms with E-state index in [1.54, 1.807) is 42.7 Å². The number of phenolic OH excluding ortho intramolecular Hbond substituents is 1. The van der Waals surface area contributed by atoms with E-state index in [2.05, 4.69) is 9.98 Å². The molecule has 0 spiro atoms. The quantitative estimate of drug-likeness (QED) is 0.750. The number of pyridine rings is 1. The summed E-state index contributed by atoms with van der Waals surface area (Å²) in [5, 5.41) is 9.50. The Balaban J connectivity index is 2.29. The summed E-state index contributed by atoms with van der Waals surface area (Å²) in [7, 11) is 0. The number of rotatable bonds is 2. The van der Waals surface area contributed by atoms with Crippen LogP contribution in [0, 0.1) is 0 Å². The van der Waals surface area contributed by atoms with E-state index >= 15 is 0 Å². The summed E-state index contributed by atoms with van der Waals surface area (Å²) >= 11 is 0. The molecule has 0 amide bonds. The summed E-state index contributed by atoms with van der Waals surface area (Å²) in [6, 6.07) is 10.4. The molecular formula is C12H11N3O. The highest BCUT2D eigenvalue weighted by molar-refractivity contribution is 5.87. The first-order chi connectivity index (χ1) is 7.77. The molecule has 0 saturated heterocycles. The summed E-state index contributed by atoms with van der Waals surface area (Å²) in [6.07, 6.45) is 3.20. The normalized spacial score (nSPS) is 10.8. The van der Waals surface area contributed by atoms with Crippen LogP contribution >= 0.6 is 0 Å². The maximum atomic E-state index is 9.50. The summed E-state index contributed by atoms with van der Waals surface area (Å²) in [6.45, 7) is 0. The second-order valence-corrected chi connectivity index (χ2v) is 3.22. The summed E-state index contributed by atoms with van der Waals surface area (Å²) in [5.74, 6) is 0.558. The average Bonchev–Trinajstić information content (AvgIpc) is 2.30.